The molecule has 1 aliphatic rings. The van der Waals surface area contributed by atoms with E-state index in [4.69, 9.17) is 0 Å². The first-order chi connectivity index (χ1) is 7.02. The average Bonchev–Trinajstić information content (AvgIpc) is 2.16. The minimum Gasteiger partial charge on any atom is -0.339 e. The third kappa shape index (κ3) is 3.51. The van der Waals surface area contributed by atoms with Gasteiger partial charge in [-0.3, -0.25) is 4.79 Å². The number of hydrogen-bond donors (Lipinski definition) is 0. The van der Waals surface area contributed by atoms with Gasteiger partial charge in [0, 0.05) is 18.5 Å². The fourth-order valence-corrected chi connectivity index (χ4v) is 2.41. The molecule has 0 aromatic carbocycles. The van der Waals surface area contributed by atoms with E-state index in [1.807, 2.05) is 13.8 Å². The molecule has 2 nitrogen and oxygen atoms in total. The molecule has 1 rings (SSSR count). The van der Waals surface area contributed by atoms with Crippen molar-refractivity contribution in [3.63, 3.8) is 0 Å². The van der Waals surface area contributed by atoms with Crippen LogP contribution in [0.4, 0.5) is 0 Å². The van der Waals surface area contributed by atoms with E-state index in [1.54, 1.807) is 0 Å². The maximum absolute atomic E-state index is 12.0. The summed E-state index contributed by atoms with van der Waals surface area (Å²) < 4.78 is 0. The topological polar surface area (TPSA) is 20.3 Å². The molecule has 0 bridgehead atoms. The van der Waals surface area contributed by atoms with Crippen LogP contribution in [0.5, 0.6) is 0 Å². The standard InChI is InChI=1S/C13H25NO/c1-10(2)9-12-7-5-6-8-14(12)13(15)11(3)4/h10-12H,5-9H2,1-4H3. The summed E-state index contributed by atoms with van der Waals surface area (Å²) in [7, 11) is 0. The largest absolute Gasteiger partial charge is 0.339 e. The van der Waals surface area contributed by atoms with Crippen LogP contribution in [0, 0.1) is 11.8 Å². The van der Waals surface area contributed by atoms with Crippen molar-refractivity contribution >= 4 is 5.91 Å². The van der Waals surface area contributed by atoms with Crippen LogP contribution in [0.15, 0.2) is 0 Å². The van der Waals surface area contributed by atoms with E-state index in [1.165, 1.54) is 25.7 Å². The Hall–Kier alpha value is -0.530. The molecule has 15 heavy (non-hydrogen) atoms. The van der Waals surface area contributed by atoms with Crippen molar-refractivity contribution in [2.24, 2.45) is 11.8 Å². The molecule has 0 aliphatic carbocycles. The SMILES string of the molecule is CC(C)CC1CCCCN1C(=O)C(C)C. The van der Waals surface area contributed by atoms with Crippen LogP contribution in [-0.2, 0) is 4.79 Å². The van der Waals surface area contributed by atoms with Gasteiger partial charge in [-0.05, 0) is 31.6 Å². The first-order valence-corrected chi connectivity index (χ1v) is 6.32. The second-order valence-corrected chi connectivity index (χ2v) is 5.47. The third-order valence-electron chi connectivity index (χ3n) is 3.15. The monoisotopic (exact) mass is 211 g/mol. The predicted octanol–water partition coefficient (Wildman–Crippen LogP) is 3.07. The van der Waals surface area contributed by atoms with Crippen LogP contribution in [-0.4, -0.2) is 23.4 Å². The van der Waals surface area contributed by atoms with E-state index in [0.29, 0.717) is 17.9 Å². The molecule has 0 radical (unpaired) electrons. The van der Waals surface area contributed by atoms with Gasteiger partial charge in [-0.25, -0.2) is 0 Å². The van der Waals surface area contributed by atoms with Crippen LogP contribution in [0.1, 0.15) is 53.4 Å². The fourth-order valence-electron chi connectivity index (χ4n) is 2.41. The number of rotatable bonds is 3. The van der Waals surface area contributed by atoms with Crippen LogP contribution >= 0.6 is 0 Å². The van der Waals surface area contributed by atoms with E-state index in [0.717, 1.165) is 6.54 Å². The van der Waals surface area contributed by atoms with E-state index >= 15 is 0 Å². The lowest BCUT2D eigenvalue weighted by Crippen LogP contribution is -2.46. The predicted molar refractivity (Wildman–Crippen MR) is 63.6 cm³/mol. The second-order valence-electron chi connectivity index (χ2n) is 5.47. The zero-order valence-corrected chi connectivity index (χ0v) is 10.6. The Balaban J connectivity index is 2.61. The van der Waals surface area contributed by atoms with Crippen LogP contribution in [0.25, 0.3) is 0 Å². The lowest BCUT2D eigenvalue weighted by atomic mass is 9.93. The molecule has 1 fully saturated rings. The van der Waals surface area contributed by atoms with Crippen molar-refractivity contribution in [3.8, 4) is 0 Å². The number of carbonyl (C=O) groups excluding carboxylic acids is 1. The molecule has 0 spiro atoms. The molecule has 1 unspecified atom stereocenters. The number of nitrogens with zero attached hydrogens (tertiary/aromatic N) is 1. The van der Waals surface area contributed by atoms with Crippen molar-refractivity contribution in [1.82, 2.24) is 4.90 Å². The van der Waals surface area contributed by atoms with Crippen molar-refractivity contribution in [1.29, 1.82) is 0 Å². The molecule has 0 saturated carbocycles. The van der Waals surface area contributed by atoms with E-state index in [2.05, 4.69) is 18.7 Å². The molecular weight excluding hydrogens is 186 g/mol. The summed E-state index contributed by atoms with van der Waals surface area (Å²) in [4.78, 5) is 14.1. The highest BCUT2D eigenvalue weighted by Gasteiger charge is 2.28. The second kappa shape index (κ2) is 5.53. The van der Waals surface area contributed by atoms with E-state index in [-0.39, 0.29) is 5.92 Å². The Morgan fingerprint density at radius 2 is 1.93 bits per heavy atom. The van der Waals surface area contributed by atoms with Crippen molar-refractivity contribution < 1.29 is 4.79 Å². The maximum Gasteiger partial charge on any atom is 0.225 e. The lowest BCUT2D eigenvalue weighted by Gasteiger charge is -2.37. The fraction of sp³-hybridized carbons (Fsp3) is 0.923. The first kappa shape index (κ1) is 12.5. The van der Waals surface area contributed by atoms with Gasteiger partial charge in [0.2, 0.25) is 5.91 Å². The molecule has 1 heterocycles. The summed E-state index contributed by atoms with van der Waals surface area (Å²) in [6.07, 6.45) is 4.85. The van der Waals surface area contributed by atoms with Gasteiger partial charge in [0.1, 0.15) is 0 Å². The number of amides is 1. The van der Waals surface area contributed by atoms with Gasteiger partial charge in [-0.2, -0.15) is 0 Å². The summed E-state index contributed by atoms with van der Waals surface area (Å²) in [5, 5.41) is 0. The Kier molecular flexibility index (Phi) is 4.62. The van der Waals surface area contributed by atoms with Crippen LogP contribution in [0.3, 0.4) is 0 Å². The van der Waals surface area contributed by atoms with Crippen LogP contribution in [0.2, 0.25) is 0 Å². The Morgan fingerprint density at radius 3 is 2.47 bits per heavy atom. The summed E-state index contributed by atoms with van der Waals surface area (Å²) in [5.41, 5.74) is 0. The van der Waals surface area contributed by atoms with E-state index in [9.17, 15) is 4.79 Å². The van der Waals surface area contributed by atoms with Crippen LogP contribution < -0.4 is 0 Å². The molecule has 1 saturated heterocycles. The van der Waals surface area contributed by atoms with Gasteiger partial charge in [0.05, 0.1) is 0 Å². The highest BCUT2D eigenvalue weighted by atomic mass is 16.2. The van der Waals surface area contributed by atoms with Gasteiger partial charge in [0.25, 0.3) is 0 Å². The zero-order chi connectivity index (χ0) is 11.4. The molecule has 0 aromatic rings. The molecule has 0 N–H and O–H groups in total. The molecule has 1 amide bonds. The molecule has 2 heteroatoms. The molecule has 0 aromatic heterocycles. The number of carbonyl (C=O) groups is 1. The minimum absolute atomic E-state index is 0.151. The number of likely N-dealkylation sites (tertiary alicyclic amines) is 1. The van der Waals surface area contributed by atoms with Gasteiger partial charge >= 0.3 is 0 Å². The highest BCUT2D eigenvalue weighted by molar-refractivity contribution is 5.78. The lowest BCUT2D eigenvalue weighted by molar-refractivity contribution is -0.138. The zero-order valence-electron chi connectivity index (χ0n) is 10.6. The normalized spacial score (nSPS) is 22.5. The smallest absolute Gasteiger partial charge is 0.225 e. The van der Waals surface area contributed by atoms with Crippen molar-refractivity contribution in [2.45, 2.75) is 59.4 Å². The summed E-state index contributed by atoms with van der Waals surface area (Å²) in [6.45, 7) is 9.47. The molecule has 1 atom stereocenters. The highest BCUT2D eigenvalue weighted by Crippen LogP contribution is 2.24. The molecule has 1 aliphatic heterocycles. The number of piperidine rings is 1. The van der Waals surface area contributed by atoms with Gasteiger partial charge in [-0.15, -0.1) is 0 Å². The van der Waals surface area contributed by atoms with Gasteiger partial charge < -0.3 is 4.90 Å². The quantitative estimate of drug-likeness (QED) is 0.702. The summed E-state index contributed by atoms with van der Waals surface area (Å²) in [6, 6.07) is 0.508. The Morgan fingerprint density at radius 1 is 1.27 bits per heavy atom. The molecular formula is C13H25NO. The van der Waals surface area contributed by atoms with Crippen molar-refractivity contribution in [3.05, 3.63) is 0 Å². The Bertz CT molecular complexity index is 211. The van der Waals surface area contributed by atoms with Gasteiger partial charge in [-0.1, -0.05) is 27.7 Å². The first-order valence-electron chi connectivity index (χ1n) is 6.32. The Labute approximate surface area is 94.0 Å². The van der Waals surface area contributed by atoms with Crippen molar-refractivity contribution in [2.75, 3.05) is 6.54 Å². The van der Waals surface area contributed by atoms with Gasteiger partial charge in [0.15, 0.2) is 0 Å². The average molecular weight is 211 g/mol. The molecule has 88 valence electrons. The third-order valence-corrected chi connectivity index (χ3v) is 3.15. The van der Waals surface area contributed by atoms with E-state index < -0.39 is 0 Å². The summed E-state index contributed by atoms with van der Waals surface area (Å²) in [5.74, 6) is 1.19. The minimum atomic E-state index is 0.151. The maximum atomic E-state index is 12.0. The summed E-state index contributed by atoms with van der Waals surface area (Å²) >= 11 is 0. The number of hydrogen-bond acceptors (Lipinski definition) is 1.